The fourth-order valence-corrected chi connectivity index (χ4v) is 1.94. The molecule has 0 atom stereocenters. The number of aromatic nitrogens is 1. The Morgan fingerprint density at radius 2 is 2.15 bits per heavy atom. The third-order valence-corrected chi connectivity index (χ3v) is 2.77. The summed E-state index contributed by atoms with van der Waals surface area (Å²) in [6.45, 7) is 1.37. The second-order valence-electron chi connectivity index (χ2n) is 4.31. The van der Waals surface area contributed by atoms with Gasteiger partial charge in [-0.05, 0) is 30.2 Å². The maximum atomic E-state index is 11.3. The van der Waals surface area contributed by atoms with Crippen molar-refractivity contribution in [3.05, 3.63) is 30.0 Å². The Morgan fingerprint density at radius 3 is 2.85 bits per heavy atom. The van der Waals surface area contributed by atoms with Gasteiger partial charge in [0.1, 0.15) is 5.75 Å². The van der Waals surface area contributed by atoms with E-state index >= 15 is 0 Å². The van der Waals surface area contributed by atoms with Gasteiger partial charge in [-0.2, -0.15) is 0 Å². The van der Waals surface area contributed by atoms with Crippen LogP contribution in [0.4, 0.5) is 4.79 Å². The van der Waals surface area contributed by atoms with Gasteiger partial charge in [-0.3, -0.25) is 0 Å². The molecule has 2 aromatic rings. The molecule has 0 radical (unpaired) electrons. The van der Waals surface area contributed by atoms with Crippen LogP contribution in [0, 0.1) is 0 Å². The van der Waals surface area contributed by atoms with Gasteiger partial charge in [0.2, 0.25) is 0 Å². The quantitative estimate of drug-likeness (QED) is 0.648. The topological polar surface area (TPSA) is 88.6 Å². The average molecular weight is 277 g/mol. The molecule has 0 aliphatic carbocycles. The Morgan fingerprint density at radius 1 is 1.35 bits per heavy atom. The lowest BCUT2D eigenvalue weighted by atomic mass is 10.1. The van der Waals surface area contributed by atoms with Crippen molar-refractivity contribution < 1.29 is 24.2 Å². The molecule has 0 fully saturated rings. The fourth-order valence-electron chi connectivity index (χ4n) is 1.94. The van der Waals surface area contributed by atoms with E-state index in [0.717, 1.165) is 29.3 Å². The summed E-state index contributed by atoms with van der Waals surface area (Å²) in [7, 11) is 0. The average Bonchev–Trinajstić information content (AvgIpc) is 2.80. The van der Waals surface area contributed by atoms with Crippen LogP contribution < -0.4 is 4.74 Å². The molecule has 6 nitrogen and oxygen atoms in total. The van der Waals surface area contributed by atoms with E-state index in [2.05, 4.69) is 16.6 Å². The monoisotopic (exact) mass is 277 g/mol. The summed E-state index contributed by atoms with van der Waals surface area (Å²) >= 11 is 0. The number of carbonyl (C=O) groups excluding carboxylic acids is 1. The van der Waals surface area contributed by atoms with Gasteiger partial charge >= 0.3 is 12.1 Å². The number of aryl methyl sites for hydroxylation is 1. The fraction of sp³-hybridized carbons (Fsp3) is 0.286. The number of aliphatic carboxylic acids is 1. The molecule has 0 unspecified atom stereocenters. The molecule has 1 aromatic carbocycles. The van der Waals surface area contributed by atoms with Crippen LogP contribution in [0.25, 0.3) is 10.9 Å². The molecule has 6 heteroatoms. The maximum absolute atomic E-state index is 11.3. The van der Waals surface area contributed by atoms with E-state index in [-0.39, 0.29) is 0 Å². The predicted octanol–water partition coefficient (Wildman–Crippen LogP) is 2.72. The van der Waals surface area contributed by atoms with Crippen LogP contribution in [0.1, 0.15) is 18.9 Å². The summed E-state index contributed by atoms with van der Waals surface area (Å²) in [5.74, 6) is -0.905. The van der Waals surface area contributed by atoms with Crippen LogP contribution in [-0.2, 0) is 16.0 Å². The van der Waals surface area contributed by atoms with Gasteiger partial charge in [0, 0.05) is 17.1 Å². The number of nitrogens with one attached hydrogen (secondary N) is 1. The zero-order valence-electron chi connectivity index (χ0n) is 11.0. The molecular formula is C14H15NO5. The van der Waals surface area contributed by atoms with Crippen molar-refractivity contribution >= 4 is 23.0 Å². The van der Waals surface area contributed by atoms with Crippen molar-refractivity contribution in [2.45, 2.75) is 19.8 Å². The summed E-state index contributed by atoms with van der Waals surface area (Å²) < 4.78 is 9.35. The molecule has 106 valence electrons. The third-order valence-electron chi connectivity index (χ3n) is 2.77. The molecule has 20 heavy (non-hydrogen) atoms. The van der Waals surface area contributed by atoms with E-state index < -0.39 is 18.7 Å². The number of hydrogen-bond donors (Lipinski definition) is 2. The first-order valence-electron chi connectivity index (χ1n) is 6.26. The van der Waals surface area contributed by atoms with Crippen molar-refractivity contribution in [1.29, 1.82) is 0 Å². The van der Waals surface area contributed by atoms with Crippen LogP contribution in [0.2, 0.25) is 0 Å². The zero-order valence-corrected chi connectivity index (χ0v) is 11.0. The highest BCUT2D eigenvalue weighted by atomic mass is 16.7. The minimum atomic E-state index is -1.23. The molecule has 0 bridgehead atoms. The lowest BCUT2D eigenvalue weighted by Gasteiger charge is -2.04. The van der Waals surface area contributed by atoms with E-state index in [1.165, 1.54) is 0 Å². The van der Waals surface area contributed by atoms with Gasteiger partial charge in [-0.25, -0.2) is 9.59 Å². The highest BCUT2D eigenvalue weighted by molar-refractivity contribution is 5.85. The number of aromatic amines is 1. The lowest BCUT2D eigenvalue weighted by molar-refractivity contribution is -0.140. The summed E-state index contributed by atoms with van der Waals surface area (Å²) in [6.07, 6.45) is 2.84. The van der Waals surface area contributed by atoms with Crippen molar-refractivity contribution in [2.75, 3.05) is 6.61 Å². The smallest absolute Gasteiger partial charge is 0.479 e. The summed E-state index contributed by atoms with van der Waals surface area (Å²) in [5.41, 5.74) is 2.10. The SMILES string of the molecule is CCCc1c[nH]c2ccc(OC(=O)OCC(=O)O)cc12. The van der Waals surface area contributed by atoms with E-state index in [4.69, 9.17) is 9.84 Å². The Bertz CT molecular complexity index is 632. The van der Waals surface area contributed by atoms with Crippen LogP contribution in [-0.4, -0.2) is 28.8 Å². The third kappa shape index (κ3) is 3.28. The molecule has 0 saturated carbocycles. The van der Waals surface area contributed by atoms with Crippen molar-refractivity contribution in [2.24, 2.45) is 0 Å². The number of rotatable bonds is 5. The second kappa shape index (κ2) is 6.10. The van der Waals surface area contributed by atoms with Crippen LogP contribution in [0.15, 0.2) is 24.4 Å². The van der Waals surface area contributed by atoms with Gasteiger partial charge in [0.05, 0.1) is 0 Å². The van der Waals surface area contributed by atoms with E-state index in [9.17, 15) is 9.59 Å². The molecule has 0 aliphatic rings. The van der Waals surface area contributed by atoms with Gasteiger partial charge in [-0.15, -0.1) is 0 Å². The number of fused-ring (bicyclic) bond motifs is 1. The number of carbonyl (C=O) groups is 2. The number of ether oxygens (including phenoxy) is 2. The highest BCUT2D eigenvalue weighted by Crippen LogP contribution is 2.24. The number of benzene rings is 1. The Balaban J connectivity index is 2.12. The van der Waals surface area contributed by atoms with Gasteiger partial charge in [-0.1, -0.05) is 13.3 Å². The minimum Gasteiger partial charge on any atom is -0.479 e. The lowest BCUT2D eigenvalue weighted by Crippen LogP contribution is -2.16. The molecule has 1 heterocycles. The molecule has 0 saturated heterocycles. The number of hydrogen-bond acceptors (Lipinski definition) is 4. The van der Waals surface area contributed by atoms with Crippen LogP contribution in [0.5, 0.6) is 5.75 Å². The largest absolute Gasteiger partial charge is 0.514 e. The molecule has 0 amide bonds. The first-order chi connectivity index (χ1) is 9.60. The van der Waals surface area contributed by atoms with Crippen LogP contribution >= 0.6 is 0 Å². The Hall–Kier alpha value is -2.50. The number of carboxylic acid groups (broad SMARTS) is 1. The first kappa shape index (κ1) is 13.9. The van der Waals surface area contributed by atoms with E-state index in [1.54, 1.807) is 18.2 Å². The number of H-pyrrole nitrogens is 1. The van der Waals surface area contributed by atoms with Crippen molar-refractivity contribution in [1.82, 2.24) is 4.98 Å². The summed E-state index contributed by atoms with van der Waals surface area (Å²) in [5, 5.41) is 9.38. The molecule has 2 rings (SSSR count). The highest BCUT2D eigenvalue weighted by Gasteiger charge is 2.10. The zero-order chi connectivity index (χ0) is 14.5. The van der Waals surface area contributed by atoms with Gasteiger partial charge in [0.25, 0.3) is 0 Å². The van der Waals surface area contributed by atoms with Gasteiger partial charge in [0.15, 0.2) is 6.61 Å². The molecule has 0 spiro atoms. The van der Waals surface area contributed by atoms with Crippen molar-refractivity contribution in [3.8, 4) is 5.75 Å². The first-order valence-corrected chi connectivity index (χ1v) is 6.26. The minimum absolute atomic E-state index is 0.324. The Kier molecular flexibility index (Phi) is 4.24. The summed E-state index contributed by atoms with van der Waals surface area (Å²) in [4.78, 5) is 24.7. The van der Waals surface area contributed by atoms with Gasteiger partial charge < -0.3 is 19.6 Å². The molecule has 1 aromatic heterocycles. The maximum Gasteiger partial charge on any atom is 0.514 e. The molecule has 2 N–H and O–H groups in total. The van der Waals surface area contributed by atoms with Crippen LogP contribution in [0.3, 0.4) is 0 Å². The van der Waals surface area contributed by atoms with Crippen molar-refractivity contribution in [3.63, 3.8) is 0 Å². The Labute approximate surface area is 115 Å². The second-order valence-corrected chi connectivity index (χ2v) is 4.31. The molecular weight excluding hydrogens is 262 g/mol. The summed E-state index contributed by atoms with van der Waals surface area (Å²) in [6, 6.07) is 5.16. The van der Waals surface area contributed by atoms with E-state index in [1.807, 2.05) is 6.20 Å². The predicted molar refractivity (Wildman–Crippen MR) is 71.9 cm³/mol. The molecule has 0 aliphatic heterocycles. The number of carboxylic acids is 1. The standard InChI is InChI=1S/C14H15NO5/c1-2-3-9-7-15-12-5-4-10(6-11(9)12)20-14(18)19-8-13(16)17/h4-7,15H,2-3,8H2,1H3,(H,16,17). The van der Waals surface area contributed by atoms with E-state index in [0.29, 0.717) is 5.75 Å². The normalized spacial score (nSPS) is 10.4.